The Bertz CT molecular complexity index is 406. The molecule has 0 saturated heterocycles. The monoisotopic (exact) mass is 212 g/mol. The second-order valence-electron chi connectivity index (χ2n) is 2.61. The summed E-state index contributed by atoms with van der Waals surface area (Å²) in [6, 6.07) is 0. The molecule has 0 radical (unpaired) electrons. The van der Waals surface area contributed by atoms with Crippen molar-refractivity contribution < 1.29 is 0 Å². The summed E-state index contributed by atoms with van der Waals surface area (Å²) in [5.41, 5.74) is 3.74. The highest BCUT2D eigenvalue weighted by atomic mass is 32.1. The molecule has 0 aliphatic carbocycles. The van der Waals surface area contributed by atoms with Crippen LogP contribution in [0.3, 0.4) is 0 Å². The zero-order valence-electron chi connectivity index (χ0n) is 7.31. The molecule has 6 heteroatoms. The van der Waals surface area contributed by atoms with Gasteiger partial charge in [-0.25, -0.2) is 0 Å². The van der Waals surface area contributed by atoms with Crippen molar-refractivity contribution in [3.63, 3.8) is 0 Å². The van der Waals surface area contributed by atoms with Gasteiger partial charge in [0.1, 0.15) is 11.4 Å². The molecule has 2 heterocycles. The fourth-order valence-electron chi connectivity index (χ4n) is 1.06. The van der Waals surface area contributed by atoms with Crippen molar-refractivity contribution in [1.82, 2.24) is 17.5 Å². The van der Waals surface area contributed by atoms with E-state index in [1.807, 2.05) is 6.92 Å². The molecule has 0 saturated carbocycles. The molecular weight excluding hydrogens is 204 g/mol. The first-order chi connectivity index (χ1) is 6.33. The van der Waals surface area contributed by atoms with Gasteiger partial charge in [-0.05, 0) is 13.3 Å². The first-order valence-electron chi connectivity index (χ1n) is 3.94. The van der Waals surface area contributed by atoms with Crippen molar-refractivity contribution in [1.29, 1.82) is 0 Å². The molecule has 0 unspecified atom stereocenters. The summed E-state index contributed by atoms with van der Waals surface area (Å²) < 4.78 is 16.7. The Balaban J connectivity index is 2.52. The lowest BCUT2D eigenvalue weighted by Gasteiger charge is -1.93. The maximum Gasteiger partial charge on any atom is 0.129 e. The van der Waals surface area contributed by atoms with E-state index in [-0.39, 0.29) is 0 Å². The van der Waals surface area contributed by atoms with E-state index >= 15 is 0 Å². The Morgan fingerprint density at radius 1 is 1.00 bits per heavy atom. The highest BCUT2D eigenvalue weighted by Crippen LogP contribution is 2.23. The molecular formula is C7H8N4S2. The topological polar surface area (TPSA) is 51.6 Å². The van der Waals surface area contributed by atoms with Gasteiger partial charge in [-0.3, -0.25) is 0 Å². The van der Waals surface area contributed by atoms with Crippen LogP contribution in [0.4, 0.5) is 0 Å². The lowest BCUT2D eigenvalue weighted by molar-refractivity contribution is 1.08. The van der Waals surface area contributed by atoms with Gasteiger partial charge in [-0.1, -0.05) is 6.92 Å². The summed E-state index contributed by atoms with van der Waals surface area (Å²) >= 11 is 2.46. The van der Waals surface area contributed by atoms with E-state index in [1.165, 1.54) is 23.5 Å². The van der Waals surface area contributed by atoms with Crippen LogP contribution in [0.25, 0.3) is 11.4 Å². The van der Waals surface area contributed by atoms with Crippen LogP contribution < -0.4 is 0 Å². The largest absolute Gasteiger partial charge is 0.178 e. The quantitative estimate of drug-likeness (QED) is 0.763. The summed E-state index contributed by atoms with van der Waals surface area (Å²) in [6.07, 6.45) is 0.892. The zero-order valence-corrected chi connectivity index (χ0v) is 8.95. The summed E-state index contributed by atoms with van der Waals surface area (Å²) in [7, 11) is 0. The van der Waals surface area contributed by atoms with Crippen molar-refractivity contribution in [2.45, 2.75) is 20.3 Å². The predicted molar refractivity (Wildman–Crippen MR) is 52.9 cm³/mol. The molecule has 0 aliphatic heterocycles. The average Bonchev–Trinajstić information content (AvgIpc) is 2.71. The Morgan fingerprint density at radius 3 is 2.31 bits per heavy atom. The summed E-state index contributed by atoms with van der Waals surface area (Å²) in [5.74, 6) is 0. The number of hydrogen-bond acceptors (Lipinski definition) is 6. The lowest BCUT2D eigenvalue weighted by atomic mass is 10.2. The molecule has 13 heavy (non-hydrogen) atoms. The number of aryl methyl sites for hydroxylation is 2. The Morgan fingerprint density at radius 2 is 1.69 bits per heavy atom. The Labute approximate surface area is 84.3 Å². The minimum Gasteiger partial charge on any atom is -0.178 e. The van der Waals surface area contributed by atoms with Crippen molar-refractivity contribution in [3.8, 4) is 11.4 Å². The van der Waals surface area contributed by atoms with Crippen LogP contribution in [0.15, 0.2) is 0 Å². The van der Waals surface area contributed by atoms with Crippen LogP contribution in [0.2, 0.25) is 0 Å². The highest BCUT2D eigenvalue weighted by Gasteiger charge is 2.14. The normalized spacial score (nSPS) is 10.6. The van der Waals surface area contributed by atoms with Crippen LogP contribution in [-0.2, 0) is 6.42 Å². The Hall–Kier alpha value is -0.880. The third kappa shape index (κ3) is 1.47. The molecule has 0 bridgehead atoms. The lowest BCUT2D eigenvalue weighted by Crippen LogP contribution is -1.88. The molecule has 68 valence electrons. The third-order valence-electron chi connectivity index (χ3n) is 1.77. The highest BCUT2D eigenvalue weighted by molar-refractivity contribution is 7.00. The molecule has 0 aromatic carbocycles. The van der Waals surface area contributed by atoms with E-state index in [1.54, 1.807) is 0 Å². The van der Waals surface area contributed by atoms with Gasteiger partial charge < -0.3 is 0 Å². The molecule has 0 aliphatic rings. The van der Waals surface area contributed by atoms with E-state index in [2.05, 4.69) is 24.4 Å². The number of rotatable bonds is 2. The van der Waals surface area contributed by atoms with Crippen LogP contribution in [0.5, 0.6) is 0 Å². The standard InChI is InChI=1S/C7H8N4S2/c1-3-5-7(11-13-9-5)6-4(2)8-12-10-6/h3H2,1-2H3. The smallest absolute Gasteiger partial charge is 0.129 e. The predicted octanol–water partition coefficient (Wildman–Crippen LogP) is 1.93. The molecule has 0 spiro atoms. The fourth-order valence-corrected chi connectivity index (χ4v) is 2.24. The third-order valence-corrected chi connectivity index (χ3v) is 2.95. The van der Waals surface area contributed by atoms with Crippen LogP contribution in [0.1, 0.15) is 18.3 Å². The van der Waals surface area contributed by atoms with E-state index in [9.17, 15) is 0 Å². The van der Waals surface area contributed by atoms with Crippen LogP contribution >= 0.6 is 23.5 Å². The van der Waals surface area contributed by atoms with E-state index in [4.69, 9.17) is 0 Å². The van der Waals surface area contributed by atoms with Gasteiger partial charge in [-0.15, -0.1) is 0 Å². The molecule has 0 fully saturated rings. The average molecular weight is 212 g/mol. The molecule has 4 nitrogen and oxygen atoms in total. The molecule has 2 aromatic heterocycles. The van der Waals surface area contributed by atoms with Crippen molar-refractivity contribution in [2.24, 2.45) is 0 Å². The summed E-state index contributed by atoms with van der Waals surface area (Å²) in [4.78, 5) is 0. The minimum absolute atomic E-state index is 0.885. The van der Waals surface area contributed by atoms with E-state index < -0.39 is 0 Å². The van der Waals surface area contributed by atoms with Crippen molar-refractivity contribution in [3.05, 3.63) is 11.4 Å². The molecule has 2 rings (SSSR count). The van der Waals surface area contributed by atoms with Gasteiger partial charge in [0.15, 0.2) is 0 Å². The van der Waals surface area contributed by atoms with Gasteiger partial charge >= 0.3 is 0 Å². The fraction of sp³-hybridized carbons (Fsp3) is 0.429. The number of aromatic nitrogens is 4. The summed E-state index contributed by atoms with van der Waals surface area (Å²) in [5, 5.41) is 0. The first-order valence-corrected chi connectivity index (χ1v) is 5.40. The zero-order chi connectivity index (χ0) is 9.26. The summed E-state index contributed by atoms with van der Waals surface area (Å²) in [6.45, 7) is 4.01. The molecule has 0 amide bonds. The van der Waals surface area contributed by atoms with Crippen LogP contribution in [-0.4, -0.2) is 17.5 Å². The minimum atomic E-state index is 0.885. The van der Waals surface area contributed by atoms with Crippen molar-refractivity contribution in [2.75, 3.05) is 0 Å². The SMILES string of the molecule is CCc1nsnc1-c1nsnc1C. The van der Waals surface area contributed by atoms with Gasteiger partial charge in [0.05, 0.1) is 34.8 Å². The van der Waals surface area contributed by atoms with Crippen LogP contribution in [0, 0.1) is 6.92 Å². The van der Waals surface area contributed by atoms with Gasteiger partial charge in [0, 0.05) is 0 Å². The maximum absolute atomic E-state index is 4.23. The van der Waals surface area contributed by atoms with E-state index in [0.29, 0.717) is 0 Å². The van der Waals surface area contributed by atoms with Gasteiger partial charge in [-0.2, -0.15) is 17.5 Å². The number of hydrogen-bond donors (Lipinski definition) is 0. The van der Waals surface area contributed by atoms with E-state index in [0.717, 1.165) is 29.2 Å². The second kappa shape index (κ2) is 3.47. The first kappa shape index (κ1) is 8.71. The molecule has 2 aromatic rings. The van der Waals surface area contributed by atoms with Gasteiger partial charge in [0.2, 0.25) is 0 Å². The van der Waals surface area contributed by atoms with Gasteiger partial charge in [0.25, 0.3) is 0 Å². The second-order valence-corrected chi connectivity index (χ2v) is 3.67. The van der Waals surface area contributed by atoms with Crippen molar-refractivity contribution >= 4 is 23.5 Å². The maximum atomic E-state index is 4.23. The number of nitrogens with zero attached hydrogens (tertiary/aromatic N) is 4. The molecule has 0 atom stereocenters. The molecule has 0 N–H and O–H groups in total. The Kier molecular flexibility index (Phi) is 2.32.